The lowest BCUT2D eigenvalue weighted by molar-refractivity contribution is 0.302. The van der Waals surface area contributed by atoms with Crippen molar-refractivity contribution in [2.24, 2.45) is 0 Å². The van der Waals surface area contributed by atoms with E-state index in [9.17, 15) is 5.11 Å². The van der Waals surface area contributed by atoms with Crippen LogP contribution in [0.25, 0.3) is 22.4 Å². The molecule has 0 saturated carbocycles. The van der Waals surface area contributed by atoms with Gasteiger partial charge in [-0.2, -0.15) is 5.10 Å². The maximum atomic E-state index is 10.4. The van der Waals surface area contributed by atoms with Crippen LogP contribution < -0.4 is 10.1 Å². The zero-order valence-corrected chi connectivity index (χ0v) is 15.2. The first kappa shape index (κ1) is 17.8. The molecule has 2 aromatic heterocycles. The van der Waals surface area contributed by atoms with Gasteiger partial charge in [0.05, 0.1) is 11.9 Å². The molecular weight excluding hydrogens is 327 g/mol. The summed E-state index contributed by atoms with van der Waals surface area (Å²) in [6.07, 6.45) is 1.63. The van der Waals surface area contributed by atoms with Crippen molar-refractivity contribution in [3.05, 3.63) is 42.6 Å². The molecule has 0 spiro atoms. The lowest BCUT2D eigenvalue weighted by Crippen LogP contribution is -2.37. The van der Waals surface area contributed by atoms with Crippen LogP contribution >= 0.6 is 0 Å². The molecule has 0 saturated heterocycles. The number of hydrogen-bond donors (Lipinski definition) is 2. The molecule has 1 aromatic carbocycles. The van der Waals surface area contributed by atoms with Crippen LogP contribution in [0, 0.1) is 0 Å². The number of benzene rings is 1. The molecule has 128 valence electrons. The van der Waals surface area contributed by atoms with Gasteiger partial charge in [-0.1, -0.05) is 6.07 Å². The summed E-state index contributed by atoms with van der Waals surface area (Å²) in [7, 11) is 7.61. The molecule has 7 nitrogen and oxygen atoms in total. The molecule has 0 fully saturated rings. The first-order chi connectivity index (χ1) is 12.4. The summed E-state index contributed by atoms with van der Waals surface area (Å²) in [4.78, 5) is 0. The van der Waals surface area contributed by atoms with Gasteiger partial charge in [0.25, 0.3) is 0 Å². The molecule has 0 aliphatic heterocycles. The van der Waals surface area contributed by atoms with Gasteiger partial charge in [0.1, 0.15) is 35.1 Å². The monoisotopic (exact) mass is 345 g/mol. The molecular formula is C16H18B3N5O2. The SMILES string of the molecule is BC(B)(B)Oc1cc(-c2ccc(-c3ccc(NC)nn3)c(O)c2)cnn1. The Labute approximate surface area is 154 Å². The summed E-state index contributed by atoms with van der Waals surface area (Å²) in [5.74, 6) is 1.22. The van der Waals surface area contributed by atoms with Crippen molar-refractivity contribution < 1.29 is 9.84 Å². The van der Waals surface area contributed by atoms with E-state index in [1.807, 2.05) is 29.6 Å². The number of phenolic OH excluding ortho intramolecular Hbond substituents is 1. The van der Waals surface area contributed by atoms with Gasteiger partial charge in [-0.15, -0.1) is 15.3 Å². The minimum absolute atomic E-state index is 0.115. The van der Waals surface area contributed by atoms with E-state index in [0.717, 1.165) is 11.1 Å². The van der Waals surface area contributed by atoms with Gasteiger partial charge in [0.2, 0.25) is 5.88 Å². The molecule has 0 radical (unpaired) electrons. The Balaban J connectivity index is 1.91. The summed E-state index contributed by atoms with van der Waals surface area (Å²) in [6.45, 7) is 0. The van der Waals surface area contributed by atoms with Crippen LogP contribution in [0.2, 0.25) is 0 Å². The molecule has 3 rings (SSSR count). The molecule has 0 amide bonds. The van der Waals surface area contributed by atoms with Crippen LogP contribution in [0.15, 0.2) is 42.6 Å². The highest BCUT2D eigenvalue weighted by Gasteiger charge is 2.15. The Morgan fingerprint density at radius 3 is 2.42 bits per heavy atom. The van der Waals surface area contributed by atoms with Gasteiger partial charge in [0.15, 0.2) is 0 Å². The van der Waals surface area contributed by atoms with E-state index >= 15 is 0 Å². The number of nitrogens with zero attached hydrogens (tertiary/aromatic N) is 4. The largest absolute Gasteiger partial charge is 0.507 e. The molecule has 3 aromatic rings. The third kappa shape index (κ3) is 4.14. The number of nitrogens with one attached hydrogen (secondary N) is 1. The number of phenols is 1. The Morgan fingerprint density at radius 2 is 1.81 bits per heavy atom. The summed E-state index contributed by atoms with van der Waals surface area (Å²) < 4.78 is 5.75. The quantitative estimate of drug-likeness (QED) is 0.587. The zero-order valence-electron chi connectivity index (χ0n) is 15.2. The third-order valence-electron chi connectivity index (χ3n) is 3.57. The minimum atomic E-state index is -0.364. The number of aromatic nitrogens is 4. The number of hydrogen-bond acceptors (Lipinski definition) is 7. The second kappa shape index (κ2) is 7.07. The van der Waals surface area contributed by atoms with E-state index in [0.29, 0.717) is 23.0 Å². The van der Waals surface area contributed by atoms with Gasteiger partial charge >= 0.3 is 0 Å². The Hall–Kier alpha value is -3.03. The molecule has 2 heterocycles. The number of rotatable bonds is 5. The maximum absolute atomic E-state index is 10.4. The fraction of sp³-hybridized carbons (Fsp3) is 0.125. The van der Waals surface area contributed by atoms with E-state index in [-0.39, 0.29) is 11.0 Å². The summed E-state index contributed by atoms with van der Waals surface area (Å²) in [5, 5.41) is 29.1. The number of anilines is 1. The topological polar surface area (TPSA) is 93.0 Å². The summed E-state index contributed by atoms with van der Waals surface area (Å²) in [6, 6.07) is 10.8. The molecule has 26 heavy (non-hydrogen) atoms. The first-order valence-electron chi connectivity index (χ1n) is 8.23. The number of aromatic hydroxyl groups is 1. The van der Waals surface area contributed by atoms with E-state index in [4.69, 9.17) is 4.74 Å². The predicted octanol–water partition coefficient (Wildman–Crippen LogP) is -0.763. The van der Waals surface area contributed by atoms with Crippen molar-refractivity contribution in [1.29, 1.82) is 0 Å². The van der Waals surface area contributed by atoms with E-state index in [2.05, 4.69) is 25.7 Å². The molecule has 0 aliphatic carbocycles. The van der Waals surface area contributed by atoms with Crippen LogP contribution in [0.5, 0.6) is 11.6 Å². The molecule has 0 unspecified atom stereocenters. The zero-order chi connectivity index (χ0) is 18.7. The highest BCUT2D eigenvalue weighted by Crippen LogP contribution is 2.32. The molecule has 10 heteroatoms. The summed E-state index contributed by atoms with van der Waals surface area (Å²) >= 11 is 0. The van der Waals surface area contributed by atoms with Crippen LogP contribution in [-0.4, -0.2) is 61.4 Å². The second-order valence-corrected chi connectivity index (χ2v) is 6.78. The van der Waals surface area contributed by atoms with Crippen LogP contribution in [0.1, 0.15) is 0 Å². The normalized spacial score (nSPS) is 11.1. The van der Waals surface area contributed by atoms with Crippen molar-refractivity contribution >= 4 is 29.4 Å². The molecule has 0 bridgehead atoms. The fourth-order valence-electron chi connectivity index (χ4n) is 2.41. The first-order valence-corrected chi connectivity index (χ1v) is 8.23. The Bertz CT molecular complexity index is 917. The van der Waals surface area contributed by atoms with E-state index in [1.165, 1.54) is 0 Å². The highest BCUT2D eigenvalue weighted by molar-refractivity contribution is 6.58. The lowest BCUT2D eigenvalue weighted by Gasteiger charge is -2.20. The number of ether oxygens (including phenoxy) is 1. The molecule has 0 atom stereocenters. The van der Waals surface area contributed by atoms with Gasteiger partial charge < -0.3 is 15.2 Å². The average molecular weight is 345 g/mol. The second-order valence-electron chi connectivity index (χ2n) is 6.78. The Morgan fingerprint density at radius 1 is 1.00 bits per heavy atom. The predicted molar refractivity (Wildman–Crippen MR) is 109 cm³/mol. The van der Waals surface area contributed by atoms with Crippen LogP contribution in [0.3, 0.4) is 0 Å². The van der Waals surface area contributed by atoms with Crippen molar-refractivity contribution in [1.82, 2.24) is 20.4 Å². The van der Waals surface area contributed by atoms with Gasteiger partial charge in [0, 0.05) is 29.5 Å². The van der Waals surface area contributed by atoms with Crippen molar-refractivity contribution in [2.75, 3.05) is 12.4 Å². The van der Waals surface area contributed by atoms with E-state index < -0.39 is 0 Å². The van der Waals surface area contributed by atoms with Gasteiger partial charge in [-0.25, -0.2) is 0 Å². The van der Waals surface area contributed by atoms with Crippen LogP contribution in [0.4, 0.5) is 5.82 Å². The van der Waals surface area contributed by atoms with E-state index in [1.54, 1.807) is 43.6 Å². The van der Waals surface area contributed by atoms with Crippen molar-refractivity contribution in [3.8, 4) is 34.0 Å². The molecule has 0 aliphatic rings. The van der Waals surface area contributed by atoms with Crippen molar-refractivity contribution in [3.63, 3.8) is 0 Å². The van der Waals surface area contributed by atoms with Crippen LogP contribution in [-0.2, 0) is 0 Å². The average Bonchev–Trinajstić information content (AvgIpc) is 2.60. The summed E-state index contributed by atoms with van der Waals surface area (Å²) in [5.41, 5.74) is 2.81. The standard InChI is InChI=1S/C16H18B3N5O2/c1-20-14-5-4-12(22-23-14)11-3-2-9(6-13(11)25)10-7-15(24-21-8-10)26-16(17,18)19/h2-8,25H,17-19H2,1H3,(H,20,23). The maximum Gasteiger partial charge on any atom is 0.232 e. The fourth-order valence-corrected chi connectivity index (χ4v) is 2.41. The smallest absolute Gasteiger partial charge is 0.232 e. The van der Waals surface area contributed by atoms with Gasteiger partial charge in [-0.05, 0) is 29.8 Å². The highest BCUT2D eigenvalue weighted by atomic mass is 16.5. The Kier molecular flexibility index (Phi) is 4.84. The third-order valence-corrected chi connectivity index (χ3v) is 3.57. The van der Waals surface area contributed by atoms with Gasteiger partial charge in [-0.3, -0.25) is 0 Å². The van der Waals surface area contributed by atoms with Crippen molar-refractivity contribution in [2.45, 2.75) is 5.30 Å². The molecule has 2 N–H and O–H groups in total. The lowest BCUT2D eigenvalue weighted by atomic mass is 9.52. The minimum Gasteiger partial charge on any atom is -0.507 e.